The van der Waals surface area contributed by atoms with Crippen LogP contribution in [0.1, 0.15) is 37.2 Å². The summed E-state index contributed by atoms with van der Waals surface area (Å²) in [5.74, 6) is -0.414. The van der Waals surface area contributed by atoms with Crippen molar-refractivity contribution in [3.05, 3.63) is 17.0 Å². The van der Waals surface area contributed by atoms with E-state index in [1.165, 1.54) is 0 Å². The molecule has 1 N–H and O–H groups in total. The van der Waals surface area contributed by atoms with Crippen molar-refractivity contribution in [3.63, 3.8) is 0 Å². The predicted molar refractivity (Wildman–Crippen MR) is 88.8 cm³/mol. The van der Waals surface area contributed by atoms with E-state index >= 15 is 0 Å². The van der Waals surface area contributed by atoms with Crippen LogP contribution in [0.2, 0.25) is 0 Å². The lowest BCUT2D eigenvalue weighted by Gasteiger charge is -2.32. The number of carbonyl (C=O) groups is 2. The Bertz CT molecular complexity index is 609. The van der Waals surface area contributed by atoms with Gasteiger partial charge >= 0.3 is 5.97 Å². The summed E-state index contributed by atoms with van der Waals surface area (Å²) in [6.07, 6.45) is -0.199. The van der Waals surface area contributed by atoms with Crippen LogP contribution < -0.4 is 0 Å². The van der Waals surface area contributed by atoms with Crippen molar-refractivity contribution < 1.29 is 19.4 Å². The molecule has 7 heteroatoms. The summed E-state index contributed by atoms with van der Waals surface area (Å²) >= 11 is 0. The van der Waals surface area contributed by atoms with Crippen molar-refractivity contribution in [1.82, 2.24) is 14.7 Å². The second-order valence-electron chi connectivity index (χ2n) is 6.83. The molecule has 1 amide bonds. The molecule has 1 saturated heterocycles. The minimum Gasteiger partial charge on any atom is -0.481 e. The van der Waals surface area contributed by atoms with Gasteiger partial charge in [0, 0.05) is 30.9 Å². The molecule has 0 saturated carbocycles. The SMILES string of the molecule is Cc1nn(CC(C)C)c(C)c1CC(=O)N1CCO[C@@H](CC(=O)O)C1. The number of hydrogen-bond donors (Lipinski definition) is 1. The zero-order chi connectivity index (χ0) is 17.9. The molecule has 1 aliphatic heterocycles. The van der Waals surface area contributed by atoms with E-state index in [1.807, 2.05) is 18.5 Å². The summed E-state index contributed by atoms with van der Waals surface area (Å²) in [5, 5.41) is 13.4. The third-order valence-corrected chi connectivity index (χ3v) is 4.29. The number of ether oxygens (including phenoxy) is 1. The number of aliphatic carboxylic acids is 1. The van der Waals surface area contributed by atoms with Gasteiger partial charge in [-0.2, -0.15) is 5.10 Å². The van der Waals surface area contributed by atoms with Gasteiger partial charge in [-0.3, -0.25) is 14.3 Å². The Morgan fingerprint density at radius 3 is 2.71 bits per heavy atom. The minimum atomic E-state index is -0.907. The smallest absolute Gasteiger partial charge is 0.306 e. The first-order valence-corrected chi connectivity index (χ1v) is 8.42. The lowest BCUT2D eigenvalue weighted by molar-refractivity contribution is -0.147. The van der Waals surface area contributed by atoms with Crippen molar-refractivity contribution in [3.8, 4) is 0 Å². The van der Waals surface area contributed by atoms with Crippen LogP contribution >= 0.6 is 0 Å². The highest BCUT2D eigenvalue weighted by Gasteiger charge is 2.27. The number of carbonyl (C=O) groups excluding carboxylic acids is 1. The molecule has 0 aromatic carbocycles. The first-order chi connectivity index (χ1) is 11.3. The van der Waals surface area contributed by atoms with E-state index in [1.54, 1.807) is 4.90 Å². The van der Waals surface area contributed by atoms with Gasteiger partial charge in [-0.15, -0.1) is 0 Å². The zero-order valence-corrected chi connectivity index (χ0v) is 14.9. The fourth-order valence-electron chi connectivity index (χ4n) is 3.04. The Morgan fingerprint density at radius 1 is 1.38 bits per heavy atom. The zero-order valence-electron chi connectivity index (χ0n) is 14.9. The quantitative estimate of drug-likeness (QED) is 0.848. The fourth-order valence-corrected chi connectivity index (χ4v) is 3.04. The number of nitrogens with zero attached hydrogens (tertiary/aromatic N) is 3. The number of morpholine rings is 1. The normalized spacial score (nSPS) is 18.2. The molecule has 2 rings (SSSR count). The van der Waals surface area contributed by atoms with Gasteiger partial charge in [0.1, 0.15) is 0 Å². The van der Waals surface area contributed by atoms with Gasteiger partial charge in [0.15, 0.2) is 0 Å². The second-order valence-corrected chi connectivity index (χ2v) is 6.83. The highest BCUT2D eigenvalue weighted by atomic mass is 16.5. The van der Waals surface area contributed by atoms with Crippen molar-refractivity contribution in [1.29, 1.82) is 0 Å². The molecule has 0 aliphatic carbocycles. The van der Waals surface area contributed by atoms with Gasteiger partial charge < -0.3 is 14.7 Å². The lowest BCUT2D eigenvalue weighted by Crippen LogP contribution is -2.46. The van der Waals surface area contributed by atoms with Gasteiger partial charge in [0.05, 0.1) is 31.2 Å². The van der Waals surface area contributed by atoms with Crippen LogP contribution in [-0.4, -0.2) is 57.5 Å². The molecular formula is C17H27N3O4. The van der Waals surface area contributed by atoms with Gasteiger partial charge in [0.2, 0.25) is 5.91 Å². The van der Waals surface area contributed by atoms with Gasteiger partial charge in [-0.1, -0.05) is 13.8 Å². The van der Waals surface area contributed by atoms with E-state index in [2.05, 4.69) is 18.9 Å². The second kappa shape index (κ2) is 7.79. The van der Waals surface area contributed by atoms with Crippen LogP contribution in [0.4, 0.5) is 0 Å². The molecule has 7 nitrogen and oxygen atoms in total. The first-order valence-electron chi connectivity index (χ1n) is 8.42. The van der Waals surface area contributed by atoms with E-state index < -0.39 is 12.1 Å². The van der Waals surface area contributed by atoms with Crippen molar-refractivity contribution >= 4 is 11.9 Å². The number of aromatic nitrogens is 2. The topological polar surface area (TPSA) is 84.7 Å². The predicted octanol–water partition coefficient (Wildman–Crippen LogP) is 1.40. The Balaban J connectivity index is 2.04. The van der Waals surface area contributed by atoms with Crippen LogP contribution in [0, 0.1) is 19.8 Å². The maximum atomic E-state index is 12.6. The lowest BCUT2D eigenvalue weighted by atomic mass is 10.1. The number of carboxylic acid groups (broad SMARTS) is 1. The molecule has 1 aliphatic rings. The van der Waals surface area contributed by atoms with Crippen LogP contribution in [0.15, 0.2) is 0 Å². The summed E-state index contributed by atoms with van der Waals surface area (Å²) in [5.41, 5.74) is 2.89. The van der Waals surface area contributed by atoms with Crippen molar-refractivity contribution in [2.24, 2.45) is 5.92 Å². The maximum absolute atomic E-state index is 12.6. The summed E-state index contributed by atoms with van der Waals surface area (Å²) in [7, 11) is 0. The van der Waals surface area contributed by atoms with E-state index in [-0.39, 0.29) is 12.3 Å². The van der Waals surface area contributed by atoms with Crippen LogP contribution in [0.25, 0.3) is 0 Å². The van der Waals surface area contributed by atoms with Crippen LogP contribution in [0.3, 0.4) is 0 Å². The molecule has 1 aromatic rings. The number of rotatable bonds is 6. The third kappa shape index (κ3) is 4.56. The monoisotopic (exact) mass is 337 g/mol. The van der Waals surface area contributed by atoms with Gasteiger partial charge in [0.25, 0.3) is 0 Å². The Hall–Kier alpha value is -1.89. The maximum Gasteiger partial charge on any atom is 0.306 e. The van der Waals surface area contributed by atoms with Crippen molar-refractivity contribution in [2.75, 3.05) is 19.7 Å². The Labute approximate surface area is 142 Å². The number of aryl methyl sites for hydroxylation is 1. The number of hydrogen-bond acceptors (Lipinski definition) is 4. The molecule has 0 unspecified atom stereocenters. The Morgan fingerprint density at radius 2 is 2.08 bits per heavy atom. The molecular weight excluding hydrogens is 310 g/mol. The molecule has 0 spiro atoms. The first kappa shape index (κ1) is 18.4. The summed E-state index contributed by atoms with van der Waals surface area (Å²) in [4.78, 5) is 25.1. The van der Waals surface area contributed by atoms with E-state index in [9.17, 15) is 9.59 Å². The molecule has 1 fully saturated rings. The minimum absolute atomic E-state index is 0.00369. The molecule has 1 aromatic heterocycles. The summed E-state index contributed by atoms with van der Waals surface area (Å²) < 4.78 is 7.39. The van der Waals surface area contributed by atoms with Crippen LogP contribution in [-0.2, 0) is 27.3 Å². The third-order valence-electron chi connectivity index (χ3n) is 4.29. The largest absolute Gasteiger partial charge is 0.481 e. The molecule has 0 radical (unpaired) electrons. The van der Waals surface area contributed by atoms with Crippen molar-refractivity contribution in [2.45, 2.75) is 53.2 Å². The van der Waals surface area contributed by atoms with E-state index in [4.69, 9.17) is 9.84 Å². The Kier molecular flexibility index (Phi) is 5.99. The molecule has 1 atom stereocenters. The fraction of sp³-hybridized carbons (Fsp3) is 0.706. The van der Waals surface area contributed by atoms with Gasteiger partial charge in [-0.25, -0.2) is 0 Å². The molecule has 24 heavy (non-hydrogen) atoms. The highest BCUT2D eigenvalue weighted by molar-refractivity contribution is 5.79. The average Bonchev–Trinajstić information content (AvgIpc) is 2.73. The summed E-state index contributed by atoms with van der Waals surface area (Å²) in [6, 6.07) is 0. The highest BCUT2D eigenvalue weighted by Crippen LogP contribution is 2.17. The van der Waals surface area contributed by atoms with E-state index in [0.29, 0.717) is 32.0 Å². The standard InChI is InChI=1S/C17H27N3O4/c1-11(2)9-20-13(4)15(12(3)18-20)8-16(21)19-5-6-24-14(10-19)7-17(22)23/h11,14H,5-10H2,1-4H3,(H,22,23)/t14-/m0/s1. The van der Waals surface area contributed by atoms with Crippen LogP contribution in [0.5, 0.6) is 0 Å². The summed E-state index contributed by atoms with van der Waals surface area (Å²) in [6.45, 7) is 10.3. The van der Waals surface area contributed by atoms with E-state index in [0.717, 1.165) is 23.5 Å². The molecule has 134 valence electrons. The average molecular weight is 337 g/mol. The number of amides is 1. The number of carboxylic acids is 1. The van der Waals surface area contributed by atoms with Gasteiger partial charge in [-0.05, 0) is 19.8 Å². The molecule has 2 heterocycles. The molecule has 0 bridgehead atoms.